The average molecular weight is 942 g/mol. The zero-order valence-corrected chi connectivity index (χ0v) is 42.4. The first-order chi connectivity index (χ1) is 31.6. The maximum absolute atomic E-state index is 13.5. The van der Waals surface area contributed by atoms with E-state index in [1.54, 1.807) is 20.8 Å². The number of nitrogens with zero attached hydrogens (tertiary/aromatic N) is 1. The first-order valence-electron chi connectivity index (χ1n) is 25.6. The molecule has 0 aromatic rings. The smallest absolute Gasteiger partial charge is 0.411 e. The summed E-state index contributed by atoms with van der Waals surface area (Å²) in [5.41, 5.74) is -1.02. The van der Waals surface area contributed by atoms with Crippen molar-refractivity contribution in [2.45, 2.75) is 246 Å². The molecule has 0 atom stereocenters. The summed E-state index contributed by atoms with van der Waals surface area (Å²) in [4.78, 5) is 91.6. The quantitative estimate of drug-likeness (QED) is 0.0319. The lowest BCUT2D eigenvalue weighted by Gasteiger charge is -2.27. The van der Waals surface area contributed by atoms with Gasteiger partial charge in [-0.1, -0.05) is 156 Å². The normalized spacial score (nSPS) is 11.3. The van der Waals surface area contributed by atoms with Crippen LogP contribution in [-0.4, -0.2) is 104 Å². The molecule has 0 aromatic carbocycles. The lowest BCUT2D eigenvalue weighted by Crippen LogP contribution is -2.45. The van der Waals surface area contributed by atoms with E-state index in [-0.39, 0.29) is 25.7 Å². The van der Waals surface area contributed by atoms with Gasteiger partial charge in [-0.15, -0.1) is 0 Å². The Bertz CT molecular complexity index is 1170. The molecule has 0 spiro atoms. The number of amides is 1. The molecular weight excluding hydrogens is 851 g/mol. The summed E-state index contributed by atoms with van der Waals surface area (Å²) >= 11 is 0. The van der Waals surface area contributed by atoms with Gasteiger partial charge in [0.1, 0.15) is 45.1 Å². The average Bonchev–Trinajstić information content (AvgIpc) is 3.26. The van der Waals surface area contributed by atoms with Gasteiger partial charge in [-0.2, -0.15) is 0 Å². The van der Waals surface area contributed by atoms with Gasteiger partial charge in [0.05, 0.1) is 0 Å². The van der Waals surface area contributed by atoms with Crippen LogP contribution in [0.3, 0.4) is 0 Å². The van der Waals surface area contributed by atoms with Crippen molar-refractivity contribution in [1.82, 2.24) is 4.90 Å². The lowest BCUT2D eigenvalue weighted by molar-refractivity contribution is -0.170. The van der Waals surface area contributed by atoms with Gasteiger partial charge in [-0.3, -0.25) is 33.7 Å². The molecule has 0 rings (SSSR count). The van der Waals surface area contributed by atoms with E-state index in [0.717, 1.165) is 133 Å². The highest BCUT2D eigenvalue weighted by molar-refractivity contribution is 5.83. The second kappa shape index (κ2) is 41.3. The molecule has 1 amide bonds. The third-order valence-corrected chi connectivity index (χ3v) is 10.5. The Morgan fingerprint density at radius 2 is 0.606 bits per heavy atom. The summed E-state index contributed by atoms with van der Waals surface area (Å²) < 4.78 is 38.4. The molecule has 384 valence electrons. The molecule has 0 heterocycles. The summed E-state index contributed by atoms with van der Waals surface area (Å²) in [6.45, 7) is 10.2. The summed E-state index contributed by atoms with van der Waals surface area (Å²) in [6, 6.07) is 0. The van der Waals surface area contributed by atoms with Gasteiger partial charge < -0.3 is 33.2 Å². The number of unbranched alkanes of at least 4 members (excludes halogenated alkanes) is 20. The van der Waals surface area contributed by atoms with Crippen molar-refractivity contribution in [2.75, 3.05) is 39.5 Å². The number of hydrogen-bond acceptors (Lipinski definition) is 14. The summed E-state index contributed by atoms with van der Waals surface area (Å²) in [7, 11) is 0. The predicted octanol–water partition coefficient (Wildman–Crippen LogP) is 11.2. The standard InChI is InChI=1S/C51H91NO14/c1-8-12-16-20-24-28-32-44(53)60-38-42(39-61-45(54)33-29-25-21-17-13-9-2)64-48(57)36-52(50(59)66-51(5,6)7)37-49(58)65-43(40-62-46(55)34-30-26-22-18-14-10-3)41-63-47(56)35-31-27-23-19-15-11-4/h42-43H,8-41H2,1-7H3. The molecule has 0 bridgehead atoms. The molecule has 0 unspecified atom stereocenters. The monoisotopic (exact) mass is 942 g/mol. The van der Waals surface area contributed by atoms with E-state index >= 15 is 0 Å². The van der Waals surface area contributed by atoms with Gasteiger partial charge >= 0.3 is 41.9 Å². The summed E-state index contributed by atoms with van der Waals surface area (Å²) in [6.07, 6.45) is 20.8. The number of carbonyl (C=O) groups excluding carboxylic acids is 7. The van der Waals surface area contributed by atoms with Crippen molar-refractivity contribution in [3.05, 3.63) is 0 Å². The van der Waals surface area contributed by atoms with Crippen LogP contribution in [0, 0.1) is 0 Å². The molecule has 0 fully saturated rings. The topological polar surface area (TPSA) is 187 Å². The van der Waals surface area contributed by atoms with Gasteiger partial charge in [0.15, 0.2) is 12.2 Å². The first-order valence-corrected chi connectivity index (χ1v) is 25.6. The molecule has 0 aromatic heterocycles. The molecule has 0 saturated carbocycles. The van der Waals surface area contributed by atoms with Crippen LogP contribution in [0.5, 0.6) is 0 Å². The van der Waals surface area contributed by atoms with Crippen LogP contribution in [-0.2, 0) is 61.9 Å². The fraction of sp³-hybridized carbons (Fsp3) is 0.863. The van der Waals surface area contributed by atoms with Crippen molar-refractivity contribution >= 4 is 41.9 Å². The minimum Gasteiger partial charge on any atom is -0.462 e. The molecule has 0 N–H and O–H groups in total. The van der Waals surface area contributed by atoms with Gasteiger partial charge in [0, 0.05) is 25.7 Å². The van der Waals surface area contributed by atoms with Crippen LogP contribution < -0.4 is 0 Å². The zero-order valence-electron chi connectivity index (χ0n) is 42.4. The number of ether oxygens (including phenoxy) is 7. The van der Waals surface area contributed by atoms with E-state index in [1.807, 2.05) is 0 Å². The molecule has 0 aliphatic carbocycles. The Labute approximate surface area is 398 Å². The molecule has 0 radical (unpaired) electrons. The minimum atomic E-state index is -1.20. The molecule has 0 aliphatic rings. The van der Waals surface area contributed by atoms with Gasteiger partial charge in [-0.25, -0.2) is 4.79 Å². The third-order valence-electron chi connectivity index (χ3n) is 10.5. The van der Waals surface area contributed by atoms with E-state index in [0.29, 0.717) is 25.7 Å². The Morgan fingerprint density at radius 1 is 0.364 bits per heavy atom. The highest BCUT2D eigenvalue weighted by Crippen LogP contribution is 2.14. The molecule has 15 nitrogen and oxygen atoms in total. The van der Waals surface area contributed by atoms with Crippen LogP contribution in [0.1, 0.15) is 228 Å². The van der Waals surface area contributed by atoms with Crippen LogP contribution in [0.4, 0.5) is 4.79 Å². The highest BCUT2D eigenvalue weighted by Gasteiger charge is 2.30. The van der Waals surface area contributed by atoms with Gasteiger partial charge in [-0.05, 0) is 46.5 Å². The second-order valence-corrected chi connectivity index (χ2v) is 18.4. The van der Waals surface area contributed by atoms with Crippen LogP contribution in [0.2, 0.25) is 0 Å². The second-order valence-electron chi connectivity index (χ2n) is 18.4. The predicted molar refractivity (Wildman–Crippen MR) is 253 cm³/mol. The van der Waals surface area contributed by atoms with E-state index in [2.05, 4.69) is 27.7 Å². The number of rotatable bonds is 42. The van der Waals surface area contributed by atoms with Crippen LogP contribution >= 0.6 is 0 Å². The Balaban J connectivity index is 5.87. The molecule has 0 saturated heterocycles. The molecule has 66 heavy (non-hydrogen) atoms. The maximum Gasteiger partial charge on any atom is 0.411 e. The van der Waals surface area contributed by atoms with Crippen molar-refractivity contribution in [1.29, 1.82) is 0 Å². The number of carbonyl (C=O) groups is 7. The van der Waals surface area contributed by atoms with Gasteiger partial charge in [0.2, 0.25) is 0 Å². The Morgan fingerprint density at radius 3 is 0.848 bits per heavy atom. The Kier molecular flexibility index (Phi) is 38.8. The molecular formula is C51H91NO14. The van der Waals surface area contributed by atoms with E-state index in [1.165, 1.54) is 0 Å². The number of hydrogen-bond donors (Lipinski definition) is 0. The fourth-order valence-corrected chi connectivity index (χ4v) is 6.73. The first kappa shape index (κ1) is 62.1. The summed E-state index contributed by atoms with van der Waals surface area (Å²) in [5.74, 6) is -3.95. The Hall–Kier alpha value is -3.91. The molecule has 15 heteroatoms. The van der Waals surface area contributed by atoms with Crippen molar-refractivity contribution in [3.63, 3.8) is 0 Å². The van der Waals surface area contributed by atoms with Crippen LogP contribution in [0.25, 0.3) is 0 Å². The maximum atomic E-state index is 13.5. The van der Waals surface area contributed by atoms with Crippen molar-refractivity contribution in [3.8, 4) is 0 Å². The van der Waals surface area contributed by atoms with E-state index < -0.39 is 99.2 Å². The van der Waals surface area contributed by atoms with Crippen LogP contribution in [0.15, 0.2) is 0 Å². The molecule has 0 aliphatic heterocycles. The fourth-order valence-electron chi connectivity index (χ4n) is 6.73. The highest BCUT2D eigenvalue weighted by atomic mass is 16.6. The summed E-state index contributed by atoms with van der Waals surface area (Å²) in [5, 5.41) is 0. The van der Waals surface area contributed by atoms with E-state index in [9.17, 15) is 33.6 Å². The van der Waals surface area contributed by atoms with Crippen molar-refractivity contribution < 1.29 is 66.7 Å². The van der Waals surface area contributed by atoms with E-state index in [4.69, 9.17) is 33.2 Å². The zero-order chi connectivity index (χ0) is 49.3. The minimum absolute atomic E-state index is 0.177. The SMILES string of the molecule is CCCCCCCCC(=O)OCC(COC(=O)CCCCCCCC)OC(=O)CN(CC(=O)OC(COC(=O)CCCCCCCC)COC(=O)CCCCCCCC)C(=O)OC(C)(C)C. The lowest BCUT2D eigenvalue weighted by atomic mass is 10.1. The third kappa shape index (κ3) is 39.3. The van der Waals surface area contributed by atoms with Gasteiger partial charge in [0.25, 0.3) is 0 Å². The number of esters is 6. The van der Waals surface area contributed by atoms with Crippen molar-refractivity contribution in [2.24, 2.45) is 0 Å². The largest absolute Gasteiger partial charge is 0.462 e.